The predicted octanol–water partition coefficient (Wildman–Crippen LogP) is 2.21. The lowest BCUT2D eigenvalue weighted by Gasteiger charge is -2.23. The number of amides is 1. The van der Waals surface area contributed by atoms with Gasteiger partial charge in [-0.1, -0.05) is 17.4 Å². The molecular formula is C18H29ClN4O4S2. The van der Waals surface area contributed by atoms with E-state index in [0.717, 1.165) is 33.8 Å². The first-order valence-electron chi connectivity index (χ1n) is 8.85. The van der Waals surface area contributed by atoms with E-state index in [1.54, 1.807) is 12.0 Å². The van der Waals surface area contributed by atoms with Crippen molar-refractivity contribution in [1.82, 2.24) is 14.2 Å². The summed E-state index contributed by atoms with van der Waals surface area (Å²) in [6, 6.07) is 3.82. The second-order valence-corrected chi connectivity index (χ2v) is 10.0. The van der Waals surface area contributed by atoms with E-state index in [1.165, 1.54) is 18.4 Å². The number of carbonyl (C=O) groups is 1. The number of rotatable bonds is 9. The first-order valence-corrected chi connectivity index (χ1v) is 11.5. The number of nitrogens with zero attached hydrogens (tertiary/aromatic N) is 4. The number of likely N-dealkylation sites (N-methyl/N-ethyl adjacent to an activating group) is 1. The zero-order valence-corrected chi connectivity index (χ0v) is 20.1. The monoisotopic (exact) mass is 464 g/mol. The third-order valence-electron chi connectivity index (χ3n) is 4.36. The number of anilines is 1. The molecule has 29 heavy (non-hydrogen) atoms. The molecule has 2 aromatic rings. The van der Waals surface area contributed by atoms with Gasteiger partial charge >= 0.3 is 0 Å². The summed E-state index contributed by atoms with van der Waals surface area (Å²) in [4.78, 5) is 21.2. The minimum Gasteiger partial charge on any atom is -0.494 e. The number of ether oxygens (including phenoxy) is 1. The fraction of sp³-hybridized carbons (Fsp3) is 0.556. The van der Waals surface area contributed by atoms with Gasteiger partial charge in [-0.2, -0.15) is 4.31 Å². The van der Waals surface area contributed by atoms with Crippen molar-refractivity contribution in [3.05, 3.63) is 17.7 Å². The van der Waals surface area contributed by atoms with Gasteiger partial charge in [-0.05, 0) is 45.6 Å². The quantitative estimate of drug-likeness (QED) is 0.565. The largest absolute Gasteiger partial charge is 0.494 e. The zero-order valence-electron chi connectivity index (χ0n) is 17.6. The molecule has 0 aliphatic carbocycles. The van der Waals surface area contributed by atoms with Crippen LogP contribution in [0.25, 0.3) is 10.2 Å². The van der Waals surface area contributed by atoms with Crippen LogP contribution < -0.4 is 9.64 Å². The molecule has 1 amide bonds. The van der Waals surface area contributed by atoms with Gasteiger partial charge in [0.25, 0.3) is 0 Å². The van der Waals surface area contributed by atoms with E-state index in [2.05, 4.69) is 4.98 Å². The summed E-state index contributed by atoms with van der Waals surface area (Å²) >= 11 is 1.42. The van der Waals surface area contributed by atoms with Gasteiger partial charge in [0.05, 0.1) is 24.6 Å². The molecule has 0 radical (unpaired) electrons. The van der Waals surface area contributed by atoms with Crippen LogP contribution in [0.2, 0.25) is 0 Å². The molecule has 0 atom stereocenters. The first-order chi connectivity index (χ1) is 13.0. The summed E-state index contributed by atoms with van der Waals surface area (Å²) < 4.78 is 30.8. The zero-order chi connectivity index (χ0) is 21.1. The van der Waals surface area contributed by atoms with Crippen LogP contribution in [0.15, 0.2) is 12.1 Å². The number of aromatic nitrogens is 1. The lowest BCUT2D eigenvalue weighted by atomic mass is 10.2. The molecule has 0 spiro atoms. The molecule has 2 rings (SSSR count). The molecule has 8 nitrogen and oxygen atoms in total. The molecule has 0 unspecified atom stereocenters. The fourth-order valence-electron chi connectivity index (χ4n) is 2.64. The van der Waals surface area contributed by atoms with Gasteiger partial charge in [0, 0.05) is 13.6 Å². The molecule has 0 bridgehead atoms. The number of hydrogen-bond donors (Lipinski definition) is 0. The molecule has 0 N–H and O–H groups in total. The number of methoxy groups -OCH3 is 1. The van der Waals surface area contributed by atoms with Crippen LogP contribution in [0, 0.1) is 6.92 Å². The normalized spacial score (nSPS) is 11.7. The first kappa shape index (κ1) is 25.6. The fourth-order valence-corrected chi connectivity index (χ4v) is 4.08. The molecule has 164 valence electrons. The average Bonchev–Trinajstić information content (AvgIpc) is 3.03. The molecule has 0 saturated heterocycles. The Morgan fingerprint density at radius 2 is 1.86 bits per heavy atom. The van der Waals surface area contributed by atoms with Crippen LogP contribution in [0.5, 0.6) is 5.75 Å². The number of thiazole rings is 1. The summed E-state index contributed by atoms with van der Waals surface area (Å²) in [6.45, 7) is 3.01. The maximum absolute atomic E-state index is 12.9. The maximum Gasteiger partial charge on any atom is 0.244 e. The SMILES string of the molecule is COc1ccc(C)c2sc(N(CCCN(C)C)C(=O)CN(C)S(C)(=O)=O)nc12.Cl. The molecule has 0 fully saturated rings. The number of halogens is 1. The third-order valence-corrected chi connectivity index (χ3v) is 6.83. The highest BCUT2D eigenvalue weighted by molar-refractivity contribution is 7.88. The smallest absolute Gasteiger partial charge is 0.244 e. The van der Waals surface area contributed by atoms with Gasteiger partial charge in [-0.25, -0.2) is 13.4 Å². The van der Waals surface area contributed by atoms with Crippen LogP contribution >= 0.6 is 23.7 Å². The molecule has 0 saturated carbocycles. The highest BCUT2D eigenvalue weighted by atomic mass is 35.5. The third kappa shape index (κ3) is 6.51. The van der Waals surface area contributed by atoms with Gasteiger partial charge in [0.2, 0.25) is 15.9 Å². The predicted molar refractivity (Wildman–Crippen MR) is 121 cm³/mol. The number of hydrogen-bond acceptors (Lipinski definition) is 7. The Hall–Kier alpha value is -1.46. The van der Waals surface area contributed by atoms with Gasteiger partial charge in [0.1, 0.15) is 11.3 Å². The van der Waals surface area contributed by atoms with Crippen molar-refractivity contribution < 1.29 is 17.9 Å². The van der Waals surface area contributed by atoms with Crippen molar-refractivity contribution in [3.8, 4) is 5.75 Å². The number of sulfonamides is 1. The maximum atomic E-state index is 12.9. The van der Waals surface area contributed by atoms with Crippen molar-refractivity contribution in [2.75, 3.05) is 59.0 Å². The van der Waals surface area contributed by atoms with E-state index in [0.29, 0.717) is 22.9 Å². The van der Waals surface area contributed by atoms with E-state index in [9.17, 15) is 13.2 Å². The number of benzene rings is 1. The topological polar surface area (TPSA) is 83.0 Å². The van der Waals surface area contributed by atoms with Crippen LogP contribution in [-0.2, 0) is 14.8 Å². The minimum absolute atomic E-state index is 0. The van der Waals surface area contributed by atoms with Crippen molar-refractivity contribution in [2.45, 2.75) is 13.3 Å². The summed E-state index contributed by atoms with van der Waals surface area (Å²) in [5.41, 5.74) is 1.76. The Morgan fingerprint density at radius 1 is 1.21 bits per heavy atom. The number of fused-ring (bicyclic) bond motifs is 1. The standard InChI is InChI=1S/C18H28N4O4S2.ClH/c1-13-8-9-14(26-5)16-17(13)27-18(19-16)22(11-7-10-20(2)3)15(23)12-21(4)28(6,24)25;/h8-9H,7,10-12H2,1-6H3;1H. The Bertz CT molecular complexity index is 947. The Labute approximate surface area is 182 Å². The molecule has 1 heterocycles. The van der Waals surface area contributed by atoms with Crippen LogP contribution in [-0.4, -0.2) is 82.7 Å². The highest BCUT2D eigenvalue weighted by Gasteiger charge is 2.24. The molecule has 1 aromatic heterocycles. The van der Waals surface area contributed by atoms with Crippen LogP contribution in [0.1, 0.15) is 12.0 Å². The van der Waals surface area contributed by atoms with E-state index in [4.69, 9.17) is 4.74 Å². The number of aryl methyl sites for hydroxylation is 1. The van der Waals surface area contributed by atoms with E-state index in [1.807, 2.05) is 38.1 Å². The lowest BCUT2D eigenvalue weighted by Crippen LogP contribution is -2.42. The summed E-state index contributed by atoms with van der Waals surface area (Å²) in [6.07, 6.45) is 1.83. The summed E-state index contributed by atoms with van der Waals surface area (Å²) in [7, 11) is 3.47. The van der Waals surface area contributed by atoms with Gasteiger partial charge < -0.3 is 9.64 Å². The average molecular weight is 465 g/mol. The van der Waals surface area contributed by atoms with E-state index < -0.39 is 10.0 Å². The lowest BCUT2D eigenvalue weighted by molar-refractivity contribution is -0.118. The van der Waals surface area contributed by atoms with Crippen LogP contribution in [0.4, 0.5) is 5.13 Å². The van der Waals surface area contributed by atoms with Gasteiger partial charge in [-0.15, -0.1) is 12.4 Å². The minimum atomic E-state index is -3.45. The Morgan fingerprint density at radius 3 is 2.41 bits per heavy atom. The Kier molecular flexibility index (Phi) is 9.29. The molecule has 1 aromatic carbocycles. The summed E-state index contributed by atoms with van der Waals surface area (Å²) in [5.74, 6) is 0.347. The molecule has 0 aliphatic heterocycles. The second-order valence-electron chi connectivity index (χ2n) is 6.98. The van der Waals surface area contributed by atoms with Crippen molar-refractivity contribution in [2.24, 2.45) is 0 Å². The Balaban J connectivity index is 0.00000420. The van der Waals surface area contributed by atoms with E-state index >= 15 is 0 Å². The molecule has 0 aliphatic rings. The van der Waals surface area contributed by atoms with Crippen molar-refractivity contribution in [1.29, 1.82) is 0 Å². The van der Waals surface area contributed by atoms with Crippen molar-refractivity contribution in [3.63, 3.8) is 0 Å². The van der Waals surface area contributed by atoms with Gasteiger partial charge in [-0.3, -0.25) is 9.69 Å². The molecule has 11 heteroatoms. The van der Waals surface area contributed by atoms with E-state index in [-0.39, 0.29) is 24.9 Å². The van der Waals surface area contributed by atoms with Crippen LogP contribution in [0.3, 0.4) is 0 Å². The summed E-state index contributed by atoms with van der Waals surface area (Å²) in [5, 5.41) is 0.549. The second kappa shape index (κ2) is 10.5. The van der Waals surface area contributed by atoms with Gasteiger partial charge in [0.15, 0.2) is 5.13 Å². The molecular weight excluding hydrogens is 436 g/mol. The highest BCUT2D eigenvalue weighted by Crippen LogP contribution is 2.36. The van der Waals surface area contributed by atoms with Crippen molar-refractivity contribution >= 4 is 55.0 Å². The number of carbonyl (C=O) groups excluding carboxylic acids is 1.